The second kappa shape index (κ2) is 6.93. The Balaban J connectivity index is 1.97. The summed E-state index contributed by atoms with van der Waals surface area (Å²) in [5.41, 5.74) is 0. The van der Waals surface area contributed by atoms with Gasteiger partial charge in [0.1, 0.15) is 0 Å². The van der Waals surface area contributed by atoms with Crippen molar-refractivity contribution in [3.05, 3.63) is 0 Å². The molecule has 2 N–H and O–H groups in total. The number of nitrogens with zero attached hydrogens (tertiary/aromatic N) is 2. The number of hydrogen-bond donors (Lipinski definition) is 2. The van der Waals surface area contributed by atoms with Gasteiger partial charge < -0.3 is 15.1 Å². The van der Waals surface area contributed by atoms with Crippen LogP contribution in [-0.4, -0.2) is 81.1 Å². The fourth-order valence-electron chi connectivity index (χ4n) is 3.06. The van der Waals surface area contributed by atoms with Crippen molar-refractivity contribution in [3.63, 3.8) is 0 Å². The first kappa shape index (κ1) is 17.2. The molecule has 2 aliphatic heterocycles. The van der Waals surface area contributed by atoms with Crippen molar-refractivity contribution >= 4 is 21.8 Å². The molecule has 8 nitrogen and oxygen atoms in total. The fourth-order valence-corrected chi connectivity index (χ4v) is 3.81. The molecule has 2 rings (SSSR count). The molecule has 0 saturated carbocycles. The molecule has 0 aliphatic carbocycles. The van der Waals surface area contributed by atoms with E-state index in [-0.39, 0.29) is 17.9 Å². The number of carbonyl (C=O) groups excluding carboxylic acids is 2. The van der Waals surface area contributed by atoms with Crippen LogP contribution in [0, 0.1) is 0 Å². The van der Waals surface area contributed by atoms with E-state index in [4.69, 9.17) is 0 Å². The van der Waals surface area contributed by atoms with E-state index in [2.05, 4.69) is 10.0 Å². The molecule has 0 bridgehead atoms. The van der Waals surface area contributed by atoms with E-state index in [1.807, 2.05) is 4.90 Å². The molecule has 0 aromatic heterocycles. The van der Waals surface area contributed by atoms with E-state index in [0.717, 1.165) is 25.6 Å². The van der Waals surface area contributed by atoms with Gasteiger partial charge in [-0.2, -0.15) is 0 Å². The fraction of sp³-hybridized carbons (Fsp3) is 0.846. The van der Waals surface area contributed by atoms with Gasteiger partial charge in [-0.15, -0.1) is 0 Å². The quantitative estimate of drug-likeness (QED) is 0.642. The second-order valence-electron chi connectivity index (χ2n) is 5.96. The predicted octanol–water partition coefficient (Wildman–Crippen LogP) is -1.65. The monoisotopic (exact) mass is 332 g/mol. The molecule has 0 spiro atoms. The average Bonchev–Trinajstić information content (AvgIpc) is 2.45. The van der Waals surface area contributed by atoms with Crippen molar-refractivity contribution in [3.8, 4) is 0 Å². The van der Waals surface area contributed by atoms with Gasteiger partial charge in [-0.3, -0.25) is 9.59 Å². The lowest BCUT2D eigenvalue weighted by Crippen LogP contribution is -2.59. The lowest BCUT2D eigenvalue weighted by molar-refractivity contribution is -0.141. The molecule has 2 heterocycles. The van der Waals surface area contributed by atoms with Gasteiger partial charge in [0.05, 0.1) is 18.8 Å². The molecule has 2 unspecified atom stereocenters. The molecular formula is C13H24N4O4S. The zero-order valence-corrected chi connectivity index (χ0v) is 13.9. The number of amides is 2. The third-order valence-corrected chi connectivity index (χ3v) is 4.82. The van der Waals surface area contributed by atoms with Crippen LogP contribution in [0.5, 0.6) is 0 Å². The standard InChI is InChI=1S/C13H24N4O4S/c1-10(15-22(2,20)21)13(19)16-6-3-4-11(9-16)17-7-5-14-8-12(17)18/h10-11,14-15H,3-9H2,1-2H3. The molecule has 2 saturated heterocycles. The van der Waals surface area contributed by atoms with Crippen molar-refractivity contribution in [1.29, 1.82) is 0 Å². The SMILES string of the molecule is CC(NS(C)(=O)=O)C(=O)N1CCCC(N2CCNCC2=O)C1. The molecule has 0 aromatic rings. The largest absolute Gasteiger partial charge is 0.339 e. The topological polar surface area (TPSA) is 98.8 Å². The third-order valence-electron chi connectivity index (χ3n) is 4.04. The Bertz CT molecular complexity index is 536. The van der Waals surface area contributed by atoms with E-state index >= 15 is 0 Å². The van der Waals surface area contributed by atoms with Crippen LogP contribution in [0.2, 0.25) is 0 Å². The summed E-state index contributed by atoms with van der Waals surface area (Å²) in [6.45, 7) is 4.39. The summed E-state index contributed by atoms with van der Waals surface area (Å²) >= 11 is 0. The van der Waals surface area contributed by atoms with Crippen LogP contribution < -0.4 is 10.0 Å². The Morgan fingerprint density at radius 3 is 2.77 bits per heavy atom. The minimum absolute atomic E-state index is 0.0257. The zero-order chi connectivity index (χ0) is 16.3. The maximum Gasteiger partial charge on any atom is 0.240 e. The molecule has 2 aliphatic rings. The van der Waals surface area contributed by atoms with E-state index in [9.17, 15) is 18.0 Å². The second-order valence-corrected chi connectivity index (χ2v) is 7.74. The highest BCUT2D eigenvalue weighted by atomic mass is 32.2. The van der Waals surface area contributed by atoms with Crippen LogP contribution in [0.3, 0.4) is 0 Å². The summed E-state index contributed by atoms with van der Waals surface area (Å²) < 4.78 is 24.8. The summed E-state index contributed by atoms with van der Waals surface area (Å²) in [6.07, 6.45) is 2.73. The van der Waals surface area contributed by atoms with Crippen molar-refractivity contribution < 1.29 is 18.0 Å². The Labute approximate surface area is 131 Å². The number of hydrogen-bond acceptors (Lipinski definition) is 5. The Morgan fingerprint density at radius 2 is 2.14 bits per heavy atom. The van der Waals surface area contributed by atoms with Gasteiger partial charge in [0, 0.05) is 32.2 Å². The highest BCUT2D eigenvalue weighted by Crippen LogP contribution is 2.17. The smallest absolute Gasteiger partial charge is 0.240 e. The highest BCUT2D eigenvalue weighted by Gasteiger charge is 2.33. The van der Waals surface area contributed by atoms with Crippen molar-refractivity contribution in [2.24, 2.45) is 0 Å². The maximum absolute atomic E-state index is 12.4. The normalized spacial score (nSPS) is 25.2. The third kappa shape index (κ3) is 4.40. The molecular weight excluding hydrogens is 308 g/mol. The minimum atomic E-state index is -3.42. The van der Waals surface area contributed by atoms with Crippen LogP contribution in [0.25, 0.3) is 0 Å². The Morgan fingerprint density at radius 1 is 1.41 bits per heavy atom. The maximum atomic E-state index is 12.4. The molecule has 126 valence electrons. The van der Waals surface area contributed by atoms with Gasteiger partial charge in [-0.1, -0.05) is 0 Å². The first-order valence-corrected chi connectivity index (χ1v) is 9.43. The number of sulfonamides is 1. The molecule has 0 aromatic carbocycles. The zero-order valence-electron chi connectivity index (χ0n) is 13.0. The number of piperidine rings is 1. The van der Waals surface area contributed by atoms with Crippen LogP contribution in [-0.2, 0) is 19.6 Å². The van der Waals surface area contributed by atoms with Gasteiger partial charge in [-0.25, -0.2) is 13.1 Å². The van der Waals surface area contributed by atoms with E-state index in [0.29, 0.717) is 26.2 Å². The lowest BCUT2D eigenvalue weighted by Gasteiger charge is -2.41. The predicted molar refractivity (Wildman–Crippen MR) is 81.6 cm³/mol. The van der Waals surface area contributed by atoms with Crippen LogP contribution in [0.1, 0.15) is 19.8 Å². The summed E-state index contributed by atoms with van der Waals surface area (Å²) in [7, 11) is -3.42. The van der Waals surface area contributed by atoms with Crippen LogP contribution >= 0.6 is 0 Å². The molecule has 2 amide bonds. The number of rotatable bonds is 4. The first-order valence-electron chi connectivity index (χ1n) is 7.54. The van der Waals surface area contributed by atoms with Gasteiger partial charge in [0.2, 0.25) is 21.8 Å². The summed E-state index contributed by atoms with van der Waals surface area (Å²) in [4.78, 5) is 27.8. The number of piperazine rings is 1. The summed E-state index contributed by atoms with van der Waals surface area (Å²) in [5, 5.41) is 3.03. The Kier molecular flexibility index (Phi) is 5.41. The van der Waals surface area contributed by atoms with E-state index < -0.39 is 16.1 Å². The summed E-state index contributed by atoms with van der Waals surface area (Å²) in [6, 6.07) is -0.759. The number of carbonyl (C=O) groups is 2. The highest BCUT2D eigenvalue weighted by molar-refractivity contribution is 7.88. The first-order chi connectivity index (χ1) is 10.3. The summed E-state index contributed by atoms with van der Waals surface area (Å²) in [5.74, 6) is -0.175. The van der Waals surface area contributed by atoms with Gasteiger partial charge in [-0.05, 0) is 19.8 Å². The molecule has 0 radical (unpaired) electrons. The van der Waals surface area contributed by atoms with Crippen molar-refractivity contribution in [1.82, 2.24) is 19.8 Å². The molecule has 2 atom stereocenters. The molecule has 9 heteroatoms. The van der Waals surface area contributed by atoms with E-state index in [1.165, 1.54) is 0 Å². The van der Waals surface area contributed by atoms with Crippen molar-refractivity contribution in [2.45, 2.75) is 31.8 Å². The lowest BCUT2D eigenvalue weighted by atomic mass is 10.0. The van der Waals surface area contributed by atoms with E-state index in [1.54, 1.807) is 11.8 Å². The van der Waals surface area contributed by atoms with Crippen molar-refractivity contribution in [2.75, 3.05) is 39.0 Å². The molecule has 2 fully saturated rings. The Hall–Kier alpha value is -1.19. The van der Waals surface area contributed by atoms with Gasteiger partial charge >= 0.3 is 0 Å². The van der Waals surface area contributed by atoms with Gasteiger partial charge in [0.25, 0.3) is 0 Å². The molecule has 22 heavy (non-hydrogen) atoms. The average molecular weight is 332 g/mol. The number of nitrogens with one attached hydrogen (secondary N) is 2. The van der Waals surface area contributed by atoms with Crippen LogP contribution in [0.15, 0.2) is 0 Å². The van der Waals surface area contributed by atoms with Gasteiger partial charge in [0.15, 0.2) is 0 Å². The minimum Gasteiger partial charge on any atom is -0.339 e. The van der Waals surface area contributed by atoms with Crippen LogP contribution in [0.4, 0.5) is 0 Å². The number of likely N-dealkylation sites (tertiary alicyclic amines) is 1.